The van der Waals surface area contributed by atoms with Crippen LogP contribution in [-0.2, 0) is 0 Å². The van der Waals surface area contributed by atoms with Gasteiger partial charge in [0.15, 0.2) is 0 Å². The molecular formula is C12H17NOS. The van der Waals surface area contributed by atoms with E-state index in [1.54, 1.807) is 11.3 Å². The second-order valence-electron chi connectivity index (χ2n) is 4.12. The highest BCUT2D eigenvalue weighted by Crippen LogP contribution is 2.30. The second kappa shape index (κ2) is 5.42. The third kappa shape index (κ3) is 2.89. The zero-order chi connectivity index (χ0) is 10.5. The Morgan fingerprint density at radius 3 is 2.87 bits per heavy atom. The van der Waals surface area contributed by atoms with Crippen molar-refractivity contribution in [3.8, 4) is 0 Å². The number of nitrogens with zero attached hydrogens (tertiary/aromatic N) is 1. The zero-order valence-electron chi connectivity index (χ0n) is 8.85. The molecule has 0 bridgehead atoms. The van der Waals surface area contributed by atoms with Crippen molar-refractivity contribution in [3.05, 3.63) is 22.2 Å². The van der Waals surface area contributed by atoms with Crippen LogP contribution >= 0.6 is 11.3 Å². The highest BCUT2D eigenvalue weighted by Gasteiger charge is 2.17. The molecular weight excluding hydrogens is 206 g/mol. The van der Waals surface area contributed by atoms with Gasteiger partial charge in [0.25, 0.3) is 0 Å². The molecule has 0 amide bonds. The molecule has 1 saturated carbocycles. The first-order valence-electron chi connectivity index (χ1n) is 5.60. The van der Waals surface area contributed by atoms with Gasteiger partial charge in [0.1, 0.15) is 0 Å². The fourth-order valence-corrected chi connectivity index (χ4v) is 2.83. The number of aromatic nitrogens is 1. The van der Waals surface area contributed by atoms with Gasteiger partial charge < -0.3 is 5.11 Å². The number of hydrogen-bond donors (Lipinski definition) is 1. The van der Waals surface area contributed by atoms with Crippen molar-refractivity contribution in [2.75, 3.05) is 6.61 Å². The van der Waals surface area contributed by atoms with E-state index in [9.17, 15) is 5.11 Å². The molecule has 0 aliphatic heterocycles. The van der Waals surface area contributed by atoms with E-state index < -0.39 is 0 Å². The monoisotopic (exact) mass is 223 g/mol. The molecule has 0 radical (unpaired) electrons. The highest BCUT2D eigenvalue weighted by atomic mass is 32.1. The standard InChI is InChI=1S/C12H17NOS/c14-8-11(6-12-7-13-9-15-12)10-4-2-1-3-5-10/h6-7,9-10,14H,1-5,8H2. The lowest BCUT2D eigenvalue weighted by molar-refractivity contribution is 0.295. The van der Waals surface area contributed by atoms with Crippen molar-refractivity contribution in [1.82, 2.24) is 4.98 Å². The van der Waals surface area contributed by atoms with E-state index in [2.05, 4.69) is 11.1 Å². The van der Waals surface area contributed by atoms with Gasteiger partial charge in [-0.2, -0.15) is 0 Å². The molecule has 2 rings (SSSR count). The van der Waals surface area contributed by atoms with Crippen LogP contribution in [0.1, 0.15) is 37.0 Å². The van der Waals surface area contributed by atoms with Crippen LogP contribution in [0.4, 0.5) is 0 Å². The fourth-order valence-electron chi connectivity index (χ4n) is 2.25. The van der Waals surface area contributed by atoms with E-state index in [1.807, 2.05) is 11.7 Å². The molecule has 2 nitrogen and oxygen atoms in total. The van der Waals surface area contributed by atoms with Gasteiger partial charge in [0.2, 0.25) is 0 Å². The van der Waals surface area contributed by atoms with Crippen LogP contribution in [0.25, 0.3) is 6.08 Å². The summed E-state index contributed by atoms with van der Waals surface area (Å²) in [6.45, 7) is 0.197. The van der Waals surface area contributed by atoms with E-state index in [1.165, 1.54) is 37.7 Å². The van der Waals surface area contributed by atoms with Gasteiger partial charge in [-0.05, 0) is 30.4 Å². The normalized spacial score (nSPS) is 19.4. The van der Waals surface area contributed by atoms with E-state index in [0.29, 0.717) is 5.92 Å². The molecule has 1 aliphatic rings. The van der Waals surface area contributed by atoms with Gasteiger partial charge >= 0.3 is 0 Å². The summed E-state index contributed by atoms with van der Waals surface area (Å²) >= 11 is 1.63. The van der Waals surface area contributed by atoms with Crippen molar-refractivity contribution in [3.63, 3.8) is 0 Å². The first kappa shape index (κ1) is 10.8. The topological polar surface area (TPSA) is 33.1 Å². The molecule has 1 aliphatic carbocycles. The van der Waals surface area contributed by atoms with E-state index >= 15 is 0 Å². The molecule has 1 aromatic heterocycles. The maximum atomic E-state index is 9.39. The van der Waals surface area contributed by atoms with Crippen molar-refractivity contribution in [1.29, 1.82) is 0 Å². The zero-order valence-corrected chi connectivity index (χ0v) is 9.67. The Balaban J connectivity index is 2.08. The summed E-state index contributed by atoms with van der Waals surface area (Å²) in [6.07, 6.45) is 10.4. The Morgan fingerprint density at radius 1 is 1.47 bits per heavy atom. The average molecular weight is 223 g/mol. The molecule has 0 aromatic carbocycles. The summed E-state index contributed by atoms with van der Waals surface area (Å²) in [6, 6.07) is 0. The van der Waals surface area contributed by atoms with Crippen LogP contribution in [0.15, 0.2) is 17.3 Å². The second-order valence-corrected chi connectivity index (χ2v) is 5.03. The Hall–Kier alpha value is -0.670. The highest BCUT2D eigenvalue weighted by molar-refractivity contribution is 7.10. The third-order valence-electron chi connectivity index (χ3n) is 3.09. The van der Waals surface area contributed by atoms with Crippen molar-refractivity contribution in [2.45, 2.75) is 32.1 Å². The van der Waals surface area contributed by atoms with Gasteiger partial charge in [0, 0.05) is 11.1 Å². The molecule has 0 atom stereocenters. The molecule has 0 unspecified atom stereocenters. The summed E-state index contributed by atoms with van der Waals surface area (Å²) < 4.78 is 0. The van der Waals surface area contributed by atoms with Crippen LogP contribution in [0.3, 0.4) is 0 Å². The number of rotatable bonds is 3. The summed E-state index contributed by atoms with van der Waals surface area (Å²) in [4.78, 5) is 5.20. The summed E-state index contributed by atoms with van der Waals surface area (Å²) in [5, 5.41) is 9.39. The number of aliphatic hydroxyl groups is 1. The van der Waals surface area contributed by atoms with Gasteiger partial charge in [-0.1, -0.05) is 19.3 Å². The van der Waals surface area contributed by atoms with Crippen molar-refractivity contribution < 1.29 is 5.11 Å². The minimum atomic E-state index is 0.197. The predicted molar refractivity (Wildman–Crippen MR) is 63.8 cm³/mol. The fraction of sp³-hybridized carbons (Fsp3) is 0.583. The average Bonchev–Trinajstić information content (AvgIpc) is 2.80. The van der Waals surface area contributed by atoms with Crippen molar-refractivity contribution >= 4 is 17.4 Å². The molecule has 82 valence electrons. The van der Waals surface area contributed by atoms with E-state index in [-0.39, 0.29) is 6.61 Å². The quantitative estimate of drug-likeness (QED) is 0.854. The molecule has 15 heavy (non-hydrogen) atoms. The molecule has 0 saturated heterocycles. The molecule has 1 heterocycles. The van der Waals surface area contributed by atoms with Gasteiger partial charge in [0.05, 0.1) is 12.1 Å². The minimum Gasteiger partial charge on any atom is -0.392 e. The molecule has 1 N–H and O–H groups in total. The SMILES string of the molecule is OCC(=Cc1cncs1)C1CCCCC1. The van der Waals surface area contributed by atoms with Crippen LogP contribution in [0.2, 0.25) is 0 Å². The summed E-state index contributed by atoms with van der Waals surface area (Å²) in [7, 11) is 0. The Bertz CT molecular complexity index is 312. The summed E-state index contributed by atoms with van der Waals surface area (Å²) in [5.41, 5.74) is 3.03. The molecule has 0 spiro atoms. The van der Waals surface area contributed by atoms with Gasteiger partial charge in [-0.15, -0.1) is 11.3 Å². The van der Waals surface area contributed by atoms with Crippen LogP contribution in [0.5, 0.6) is 0 Å². The number of thiazole rings is 1. The van der Waals surface area contributed by atoms with Crippen LogP contribution < -0.4 is 0 Å². The van der Waals surface area contributed by atoms with E-state index in [0.717, 1.165) is 4.88 Å². The van der Waals surface area contributed by atoms with Crippen molar-refractivity contribution in [2.24, 2.45) is 5.92 Å². The van der Waals surface area contributed by atoms with Gasteiger partial charge in [-0.3, -0.25) is 4.98 Å². The Morgan fingerprint density at radius 2 is 2.27 bits per heavy atom. The number of aliphatic hydroxyl groups excluding tert-OH is 1. The molecule has 3 heteroatoms. The van der Waals surface area contributed by atoms with Crippen LogP contribution in [0, 0.1) is 5.92 Å². The lowest BCUT2D eigenvalue weighted by atomic mass is 9.84. The first-order chi connectivity index (χ1) is 7.40. The summed E-state index contributed by atoms with van der Waals surface area (Å²) in [5.74, 6) is 0.603. The van der Waals surface area contributed by atoms with E-state index in [4.69, 9.17) is 0 Å². The minimum absolute atomic E-state index is 0.197. The lowest BCUT2D eigenvalue weighted by Gasteiger charge is -2.23. The predicted octanol–water partition coefficient (Wildman–Crippen LogP) is 3.10. The third-order valence-corrected chi connectivity index (χ3v) is 3.81. The number of hydrogen-bond acceptors (Lipinski definition) is 3. The Labute approximate surface area is 94.7 Å². The lowest BCUT2D eigenvalue weighted by Crippen LogP contribution is -2.11. The molecule has 1 fully saturated rings. The Kier molecular flexibility index (Phi) is 3.92. The van der Waals surface area contributed by atoms with Crippen LogP contribution in [-0.4, -0.2) is 16.7 Å². The van der Waals surface area contributed by atoms with Gasteiger partial charge in [-0.25, -0.2) is 0 Å². The largest absolute Gasteiger partial charge is 0.392 e. The first-order valence-corrected chi connectivity index (χ1v) is 6.48. The maximum Gasteiger partial charge on any atom is 0.0797 e. The maximum absolute atomic E-state index is 9.39. The molecule has 1 aromatic rings. The smallest absolute Gasteiger partial charge is 0.0797 e.